The molecule has 2 rings (SSSR count). The van der Waals surface area contributed by atoms with E-state index in [9.17, 15) is 4.79 Å². The van der Waals surface area contributed by atoms with Crippen LogP contribution < -0.4 is 4.74 Å². The third-order valence-corrected chi connectivity index (χ3v) is 3.19. The number of rotatable bonds is 2. The summed E-state index contributed by atoms with van der Waals surface area (Å²) in [7, 11) is 0. The number of fused-ring (bicyclic) bond motifs is 1. The van der Waals surface area contributed by atoms with Crippen molar-refractivity contribution in [3.05, 3.63) is 29.3 Å². The van der Waals surface area contributed by atoms with E-state index in [0.29, 0.717) is 6.61 Å². The van der Waals surface area contributed by atoms with Gasteiger partial charge in [-0.05, 0) is 18.6 Å². The monoisotopic (exact) mass is 220 g/mol. The van der Waals surface area contributed by atoms with E-state index in [-0.39, 0.29) is 5.41 Å². The normalized spacial score (nSPS) is 18.7. The van der Waals surface area contributed by atoms with Gasteiger partial charge in [-0.15, -0.1) is 0 Å². The minimum atomic E-state index is -0.795. The fraction of sp³-hybridized carbons (Fsp3) is 0.462. The Morgan fingerprint density at radius 2 is 2.19 bits per heavy atom. The van der Waals surface area contributed by atoms with Crippen molar-refractivity contribution in [3.63, 3.8) is 0 Å². The summed E-state index contributed by atoms with van der Waals surface area (Å²) in [5, 5.41) is 8.98. The molecule has 1 aromatic carbocycles. The van der Waals surface area contributed by atoms with Crippen LogP contribution >= 0.6 is 0 Å². The maximum absolute atomic E-state index is 10.9. The smallest absolute Gasteiger partial charge is 0.310 e. The highest BCUT2D eigenvalue weighted by molar-refractivity contribution is 5.75. The van der Waals surface area contributed by atoms with Gasteiger partial charge in [0.1, 0.15) is 5.75 Å². The highest BCUT2D eigenvalue weighted by Crippen LogP contribution is 2.39. The van der Waals surface area contributed by atoms with Gasteiger partial charge in [0.25, 0.3) is 0 Å². The molecular formula is C13H16O3. The van der Waals surface area contributed by atoms with Crippen LogP contribution in [0.2, 0.25) is 0 Å². The summed E-state index contributed by atoms with van der Waals surface area (Å²) in [6.45, 7) is 6.57. The van der Waals surface area contributed by atoms with Gasteiger partial charge in [0.2, 0.25) is 0 Å². The molecule has 0 radical (unpaired) electrons. The van der Waals surface area contributed by atoms with Gasteiger partial charge < -0.3 is 9.84 Å². The standard InChI is InChI=1S/C13H16O3/c1-8(12(14)15)9-4-5-11-10(6-9)13(2,3)7-16-11/h4-6,8H,7H2,1-3H3,(H,14,15). The molecule has 1 N–H and O–H groups in total. The topological polar surface area (TPSA) is 46.5 Å². The first-order valence-corrected chi connectivity index (χ1v) is 5.42. The second-order valence-electron chi connectivity index (χ2n) is 4.99. The van der Waals surface area contributed by atoms with Gasteiger partial charge >= 0.3 is 5.97 Å². The quantitative estimate of drug-likeness (QED) is 0.833. The van der Waals surface area contributed by atoms with Crippen molar-refractivity contribution in [1.82, 2.24) is 0 Å². The highest BCUT2D eigenvalue weighted by atomic mass is 16.5. The minimum Gasteiger partial charge on any atom is -0.492 e. The first-order chi connectivity index (χ1) is 7.42. The van der Waals surface area contributed by atoms with Crippen LogP contribution in [0.15, 0.2) is 18.2 Å². The van der Waals surface area contributed by atoms with Crippen molar-refractivity contribution >= 4 is 5.97 Å². The molecule has 1 atom stereocenters. The summed E-state index contributed by atoms with van der Waals surface area (Å²) in [5.74, 6) is -0.385. The van der Waals surface area contributed by atoms with E-state index in [1.807, 2.05) is 18.2 Å². The van der Waals surface area contributed by atoms with Crippen LogP contribution in [0.1, 0.15) is 37.8 Å². The van der Waals surface area contributed by atoms with E-state index >= 15 is 0 Å². The number of carboxylic acid groups (broad SMARTS) is 1. The zero-order valence-corrected chi connectivity index (χ0v) is 9.78. The molecule has 1 aromatic rings. The average molecular weight is 220 g/mol. The molecule has 86 valence electrons. The Balaban J connectivity index is 2.43. The fourth-order valence-electron chi connectivity index (χ4n) is 1.95. The Hall–Kier alpha value is -1.51. The van der Waals surface area contributed by atoms with Crippen LogP contribution in [-0.2, 0) is 10.2 Å². The number of ether oxygens (including phenoxy) is 1. The SMILES string of the molecule is CC(C(=O)O)c1ccc2c(c1)C(C)(C)CO2. The van der Waals surface area contributed by atoms with Gasteiger partial charge in [0.15, 0.2) is 0 Å². The Morgan fingerprint density at radius 3 is 2.81 bits per heavy atom. The Morgan fingerprint density at radius 1 is 1.50 bits per heavy atom. The van der Waals surface area contributed by atoms with Gasteiger partial charge in [0.05, 0.1) is 12.5 Å². The third kappa shape index (κ3) is 1.66. The Bertz CT molecular complexity index is 435. The number of carbonyl (C=O) groups is 1. The van der Waals surface area contributed by atoms with Crippen molar-refractivity contribution in [2.75, 3.05) is 6.61 Å². The zero-order valence-electron chi connectivity index (χ0n) is 9.78. The molecule has 3 nitrogen and oxygen atoms in total. The molecule has 0 amide bonds. The van der Waals surface area contributed by atoms with Crippen LogP contribution in [0.25, 0.3) is 0 Å². The van der Waals surface area contributed by atoms with Crippen molar-refractivity contribution < 1.29 is 14.6 Å². The first kappa shape index (κ1) is 11.0. The van der Waals surface area contributed by atoms with E-state index in [4.69, 9.17) is 9.84 Å². The largest absolute Gasteiger partial charge is 0.492 e. The summed E-state index contributed by atoms with van der Waals surface area (Å²) in [6, 6.07) is 5.67. The highest BCUT2D eigenvalue weighted by Gasteiger charge is 2.32. The van der Waals surface area contributed by atoms with E-state index in [2.05, 4.69) is 13.8 Å². The fourth-order valence-corrected chi connectivity index (χ4v) is 1.95. The number of aliphatic carboxylic acids is 1. The molecule has 16 heavy (non-hydrogen) atoms. The van der Waals surface area contributed by atoms with E-state index < -0.39 is 11.9 Å². The van der Waals surface area contributed by atoms with Crippen LogP contribution in [0.3, 0.4) is 0 Å². The van der Waals surface area contributed by atoms with Crippen LogP contribution in [-0.4, -0.2) is 17.7 Å². The molecule has 1 aliphatic heterocycles. The molecule has 1 heterocycles. The lowest BCUT2D eigenvalue weighted by Gasteiger charge is -2.16. The van der Waals surface area contributed by atoms with E-state index in [0.717, 1.165) is 16.9 Å². The van der Waals surface area contributed by atoms with Crippen LogP contribution in [0.4, 0.5) is 0 Å². The number of benzene rings is 1. The summed E-state index contributed by atoms with van der Waals surface area (Å²) in [6.07, 6.45) is 0. The molecule has 0 fully saturated rings. The number of carboxylic acids is 1. The molecule has 0 aromatic heterocycles. The summed E-state index contributed by atoms with van der Waals surface area (Å²) in [4.78, 5) is 10.9. The summed E-state index contributed by atoms with van der Waals surface area (Å²) >= 11 is 0. The summed E-state index contributed by atoms with van der Waals surface area (Å²) in [5.41, 5.74) is 1.92. The molecule has 1 unspecified atom stereocenters. The van der Waals surface area contributed by atoms with E-state index in [1.54, 1.807) is 6.92 Å². The third-order valence-electron chi connectivity index (χ3n) is 3.19. The molecule has 0 saturated carbocycles. The van der Waals surface area contributed by atoms with Gasteiger partial charge in [-0.3, -0.25) is 4.79 Å². The predicted octanol–water partition coefficient (Wildman–Crippen LogP) is 2.54. The van der Waals surface area contributed by atoms with Gasteiger partial charge in [-0.2, -0.15) is 0 Å². The second kappa shape index (κ2) is 3.51. The van der Waals surface area contributed by atoms with Crippen LogP contribution in [0, 0.1) is 0 Å². The lowest BCUT2D eigenvalue weighted by molar-refractivity contribution is -0.138. The number of hydrogen-bond acceptors (Lipinski definition) is 2. The average Bonchev–Trinajstić information content (AvgIpc) is 2.53. The minimum absolute atomic E-state index is 0.0242. The molecule has 0 saturated heterocycles. The zero-order chi connectivity index (χ0) is 11.9. The first-order valence-electron chi connectivity index (χ1n) is 5.42. The van der Waals surface area contributed by atoms with Gasteiger partial charge in [-0.25, -0.2) is 0 Å². The van der Waals surface area contributed by atoms with Crippen molar-refractivity contribution in [2.24, 2.45) is 0 Å². The molecule has 0 bridgehead atoms. The second-order valence-corrected chi connectivity index (χ2v) is 4.99. The Kier molecular flexibility index (Phi) is 2.41. The van der Waals surface area contributed by atoms with Crippen molar-refractivity contribution in [1.29, 1.82) is 0 Å². The van der Waals surface area contributed by atoms with Crippen LogP contribution in [0.5, 0.6) is 5.75 Å². The summed E-state index contributed by atoms with van der Waals surface area (Å²) < 4.78 is 5.56. The van der Waals surface area contributed by atoms with Gasteiger partial charge in [0, 0.05) is 11.0 Å². The molecule has 1 aliphatic rings. The maximum Gasteiger partial charge on any atom is 0.310 e. The maximum atomic E-state index is 10.9. The lowest BCUT2D eigenvalue weighted by Crippen LogP contribution is -2.18. The van der Waals surface area contributed by atoms with Crippen molar-refractivity contribution in [2.45, 2.75) is 32.1 Å². The van der Waals surface area contributed by atoms with Gasteiger partial charge in [-0.1, -0.05) is 26.0 Å². The lowest BCUT2D eigenvalue weighted by atomic mass is 9.85. The molecule has 0 spiro atoms. The Labute approximate surface area is 95.0 Å². The number of hydrogen-bond donors (Lipinski definition) is 1. The van der Waals surface area contributed by atoms with E-state index in [1.165, 1.54) is 0 Å². The molecule has 0 aliphatic carbocycles. The predicted molar refractivity (Wildman–Crippen MR) is 61.0 cm³/mol. The molecular weight excluding hydrogens is 204 g/mol. The van der Waals surface area contributed by atoms with Crippen molar-refractivity contribution in [3.8, 4) is 5.75 Å². The molecule has 3 heteroatoms.